The van der Waals surface area contributed by atoms with Gasteiger partial charge >= 0.3 is 6.09 Å². The van der Waals surface area contributed by atoms with Crippen molar-refractivity contribution >= 4 is 6.09 Å². The summed E-state index contributed by atoms with van der Waals surface area (Å²) >= 11 is 0. The summed E-state index contributed by atoms with van der Waals surface area (Å²) in [6.07, 6.45) is -1.70. The number of ether oxygens (including phenoxy) is 3. The van der Waals surface area contributed by atoms with Gasteiger partial charge in [-0.1, -0.05) is 0 Å². The Balaban J connectivity index is 2.87. The zero-order chi connectivity index (χ0) is 14.5. The van der Waals surface area contributed by atoms with Crippen molar-refractivity contribution in [1.29, 1.82) is 0 Å². The van der Waals surface area contributed by atoms with Crippen LogP contribution in [0.1, 0.15) is 39.5 Å². The highest BCUT2D eigenvalue weighted by atomic mass is 16.7. The van der Waals surface area contributed by atoms with Gasteiger partial charge in [0.15, 0.2) is 0 Å². The van der Waals surface area contributed by atoms with Crippen molar-refractivity contribution in [2.45, 2.75) is 39.6 Å². The van der Waals surface area contributed by atoms with Gasteiger partial charge in [0.05, 0.1) is 12.2 Å². The van der Waals surface area contributed by atoms with E-state index in [1.54, 1.807) is 24.3 Å². The van der Waals surface area contributed by atoms with Crippen molar-refractivity contribution in [2.24, 2.45) is 5.73 Å². The molecule has 0 spiro atoms. The van der Waals surface area contributed by atoms with E-state index in [1.807, 2.05) is 27.7 Å². The van der Waals surface area contributed by atoms with E-state index < -0.39 is 18.0 Å². The van der Waals surface area contributed by atoms with E-state index in [4.69, 9.17) is 19.9 Å². The number of carbonyl (C=O) groups excluding carboxylic acids is 1. The Morgan fingerprint density at radius 3 is 2.26 bits per heavy atom. The van der Waals surface area contributed by atoms with Gasteiger partial charge in [-0.3, -0.25) is 0 Å². The quantitative estimate of drug-likeness (QED) is 0.832. The summed E-state index contributed by atoms with van der Waals surface area (Å²) in [7, 11) is 0. The number of rotatable bonds is 5. The van der Waals surface area contributed by atoms with Gasteiger partial charge < -0.3 is 19.9 Å². The third kappa shape index (κ3) is 5.61. The molecule has 106 valence electrons. The molecule has 0 aliphatic rings. The molecule has 19 heavy (non-hydrogen) atoms. The minimum Gasteiger partial charge on any atom is -0.494 e. The van der Waals surface area contributed by atoms with Gasteiger partial charge in [0.25, 0.3) is 0 Å². The van der Waals surface area contributed by atoms with Crippen molar-refractivity contribution in [3.05, 3.63) is 29.8 Å². The Labute approximate surface area is 113 Å². The molecule has 2 N–H and O–H groups in total. The number of hydrogen-bond acceptors (Lipinski definition) is 4. The fraction of sp³-hybridized carbons (Fsp3) is 0.500. The Morgan fingerprint density at radius 2 is 1.84 bits per heavy atom. The highest BCUT2D eigenvalue weighted by molar-refractivity contribution is 5.64. The first kappa shape index (κ1) is 15.3. The van der Waals surface area contributed by atoms with Gasteiger partial charge in [0.2, 0.25) is 6.29 Å². The summed E-state index contributed by atoms with van der Waals surface area (Å²) in [4.78, 5) is 10.9. The third-order valence-corrected chi connectivity index (χ3v) is 2.15. The summed E-state index contributed by atoms with van der Waals surface area (Å²) in [5.74, 6) is 0.750. The fourth-order valence-electron chi connectivity index (χ4n) is 1.47. The molecule has 1 aromatic rings. The molecule has 0 unspecified atom stereocenters. The molecular formula is C14H21NO4. The molecule has 0 aromatic heterocycles. The number of hydrogen-bond donors (Lipinski definition) is 1. The first-order valence-corrected chi connectivity index (χ1v) is 6.18. The van der Waals surface area contributed by atoms with E-state index in [1.165, 1.54) is 0 Å². The minimum absolute atomic E-state index is 0.460. The lowest BCUT2D eigenvalue weighted by molar-refractivity contribution is -0.168. The summed E-state index contributed by atoms with van der Waals surface area (Å²) in [6, 6.07) is 7.15. The van der Waals surface area contributed by atoms with E-state index in [2.05, 4.69) is 0 Å². The minimum atomic E-state index is -0.872. The van der Waals surface area contributed by atoms with Crippen LogP contribution in [0.2, 0.25) is 0 Å². The van der Waals surface area contributed by atoms with Crippen molar-refractivity contribution in [1.82, 2.24) is 0 Å². The molecule has 0 heterocycles. The van der Waals surface area contributed by atoms with Gasteiger partial charge in [-0.2, -0.15) is 0 Å². The van der Waals surface area contributed by atoms with Crippen LogP contribution in [0.15, 0.2) is 24.3 Å². The van der Waals surface area contributed by atoms with Gasteiger partial charge in [-0.25, -0.2) is 4.79 Å². The number of nitrogens with two attached hydrogens (primary N) is 1. The zero-order valence-corrected chi connectivity index (χ0v) is 11.8. The molecule has 0 aliphatic carbocycles. The first-order valence-electron chi connectivity index (χ1n) is 6.18. The molecule has 1 rings (SSSR count). The monoisotopic (exact) mass is 267 g/mol. The average Bonchev–Trinajstić information content (AvgIpc) is 2.27. The normalized spacial score (nSPS) is 12.8. The Morgan fingerprint density at radius 1 is 1.26 bits per heavy atom. The Kier molecular flexibility index (Phi) is 5.18. The van der Waals surface area contributed by atoms with Gasteiger partial charge in [0.1, 0.15) is 5.75 Å². The summed E-state index contributed by atoms with van der Waals surface area (Å²) in [6.45, 7) is 8.13. The maximum atomic E-state index is 10.9. The maximum Gasteiger partial charge on any atom is 0.407 e. The Hall–Kier alpha value is -1.75. The van der Waals surface area contributed by atoms with Crippen LogP contribution in [0.3, 0.4) is 0 Å². The second-order valence-corrected chi connectivity index (χ2v) is 5.00. The topological polar surface area (TPSA) is 70.8 Å². The van der Waals surface area contributed by atoms with E-state index >= 15 is 0 Å². The zero-order valence-electron chi connectivity index (χ0n) is 11.8. The molecule has 0 saturated carbocycles. The van der Waals surface area contributed by atoms with Crippen LogP contribution in [0.4, 0.5) is 4.79 Å². The number of amides is 1. The number of carbonyl (C=O) groups is 1. The van der Waals surface area contributed by atoms with Crippen molar-refractivity contribution < 1.29 is 19.0 Å². The van der Waals surface area contributed by atoms with Gasteiger partial charge in [0, 0.05) is 5.56 Å². The molecule has 0 aliphatic heterocycles. The van der Waals surface area contributed by atoms with Crippen molar-refractivity contribution in [3.8, 4) is 5.75 Å². The highest BCUT2D eigenvalue weighted by Gasteiger charge is 2.23. The van der Waals surface area contributed by atoms with E-state index in [9.17, 15) is 4.79 Å². The predicted octanol–water partition coefficient (Wildman–Crippen LogP) is 2.99. The largest absolute Gasteiger partial charge is 0.494 e. The number of primary amides is 1. The van der Waals surface area contributed by atoms with Gasteiger partial charge in [-0.15, -0.1) is 0 Å². The van der Waals surface area contributed by atoms with Crippen LogP contribution in [-0.4, -0.2) is 18.3 Å². The average molecular weight is 267 g/mol. The molecule has 1 amide bonds. The van der Waals surface area contributed by atoms with Gasteiger partial charge in [-0.05, 0) is 52.0 Å². The predicted molar refractivity (Wildman–Crippen MR) is 71.9 cm³/mol. The maximum absolute atomic E-state index is 10.9. The lowest BCUT2D eigenvalue weighted by Gasteiger charge is -2.26. The molecule has 1 atom stereocenters. The molecule has 0 bridgehead atoms. The standard InChI is InChI=1S/C14H21NO4/c1-5-17-11-8-6-10(7-9-11)12(18-13(15)16)19-14(2,3)4/h6-9,12H,5H2,1-4H3,(H2,15,16)/t12-/m0/s1. The van der Waals surface area contributed by atoms with Crippen LogP contribution in [0.25, 0.3) is 0 Å². The summed E-state index contributed by atoms with van der Waals surface area (Å²) in [5.41, 5.74) is 5.31. The lowest BCUT2D eigenvalue weighted by atomic mass is 10.1. The van der Waals surface area contributed by atoms with E-state index in [-0.39, 0.29) is 0 Å². The number of benzene rings is 1. The summed E-state index contributed by atoms with van der Waals surface area (Å²) < 4.78 is 16.0. The smallest absolute Gasteiger partial charge is 0.407 e. The van der Waals surface area contributed by atoms with Crippen LogP contribution in [0, 0.1) is 0 Å². The first-order chi connectivity index (χ1) is 8.81. The Bertz CT molecular complexity index is 408. The fourth-order valence-corrected chi connectivity index (χ4v) is 1.47. The molecule has 1 aromatic carbocycles. The van der Waals surface area contributed by atoms with E-state index in [0.717, 1.165) is 5.75 Å². The van der Waals surface area contributed by atoms with E-state index in [0.29, 0.717) is 12.2 Å². The highest BCUT2D eigenvalue weighted by Crippen LogP contribution is 2.26. The lowest BCUT2D eigenvalue weighted by Crippen LogP contribution is -2.27. The molecule has 5 nitrogen and oxygen atoms in total. The van der Waals surface area contributed by atoms with Crippen LogP contribution in [0.5, 0.6) is 5.75 Å². The third-order valence-electron chi connectivity index (χ3n) is 2.15. The molecule has 0 saturated heterocycles. The van der Waals surface area contributed by atoms with Crippen LogP contribution < -0.4 is 10.5 Å². The SMILES string of the molecule is CCOc1ccc([C@@H](OC(N)=O)OC(C)(C)C)cc1. The molecule has 5 heteroatoms. The molecule has 0 fully saturated rings. The van der Waals surface area contributed by atoms with Crippen LogP contribution in [-0.2, 0) is 9.47 Å². The molecular weight excluding hydrogens is 246 g/mol. The second-order valence-electron chi connectivity index (χ2n) is 5.00. The second kappa shape index (κ2) is 6.43. The van der Waals surface area contributed by atoms with Crippen molar-refractivity contribution in [2.75, 3.05) is 6.61 Å². The summed E-state index contributed by atoms with van der Waals surface area (Å²) in [5, 5.41) is 0. The molecule has 0 radical (unpaired) electrons. The van der Waals surface area contributed by atoms with Crippen molar-refractivity contribution in [3.63, 3.8) is 0 Å². The van der Waals surface area contributed by atoms with Crippen LogP contribution >= 0.6 is 0 Å².